The Morgan fingerprint density at radius 2 is 1.82 bits per heavy atom. The van der Waals surface area contributed by atoms with Crippen LogP contribution >= 0.6 is 0 Å². The molecule has 5 heteroatoms. The van der Waals surface area contributed by atoms with Gasteiger partial charge in [0.1, 0.15) is 5.60 Å². The fraction of sp³-hybridized carbons (Fsp3) is 0.412. The molecular formula is C17H22N2O3. The smallest absolute Gasteiger partial charge is 0.338 e. The van der Waals surface area contributed by atoms with Crippen molar-refractivity contribution in [1.29, 1.82) is 0 Å². The summed E-state index contributed by atoms with van der Waals surface area (Å²) in [5.41, 5.74) is 1.32. The number of hydrogen-bond donors (Lipinski definition) is 1. The molecule has 1 atom stereocenters. The summed E-state index contributed by atoms with van der Waals surface area (Å²) in [5.74, 6) is -0.411. The highest BCUT2D eigenvalue weighted by molar-refractivity contribution is 5.95. The molecule has 22 heavy (non-hydrogen) atoms. The molecule has 1 aromatic rings. The molecule has 5 nitrogen and oxygen atoms in total. The van der Waals surface area contributed by atoms with E-state index in [1.54, 1.807) is 14.0 Å². The van der Waals surface area contributed by atoms with E-state index in [9.17, 15) is 9.59 Å². The van der Waals surface area contributed by atoms with Gasteiger partial charge in [-0.25, -0.2) is 9.59 Å². The number of carbonyl (C=O) groups excluding carboxylic acids is 2. The highest BCUT2D eigenvalue weighted by Gasteiger charge is 2.36. The zero-order valence-electron chi connectivity index (χ0n) is 13.6. The monoisotopic (exact) mass is 302 g/mol. The first-order chi connectivity index (χ1) is 10.2. The van der Waals surface area contributed by atoms with Crippen LogP contribution in [0.25, 0.3) is 0 Å². The van der Waals surface area contributed by atoms with E-state index in [-0.39, 0.29) is 6.03 Å². The van der Waals surface area contributed by atoms with Crippen molar-refractivity contribution in [3.05, 3.63) is 47.2 Å². The molecule has 0 aliphatic carbocycles. The summed E-state index contributed by atoms with van der Waals surface area (Å²) in [7, 11) is 1.64. The van der Waals surface area contributed by atoms with E-state index in [4.69, 9.17) is 4.74 Å². The molecule has 1 aliphatic heterocycles. The number of nitrogens with one attached hydrogen (secondary N) is 1. The fourth-order valence-corrected chi connectivity index (χ4v) is 2.33. The van der Waals surface area contributed by atoms with E-state index in [1.807, 2.05) is 51.1 Å². The molecule has 0 saturated heterocycles. The molecule has 2 amide bonds. The Morgan fingerprint density at radius 1 is 1.23 bits per heavy atom. The lowest BCUT2D eigenvalue weighted by Crippen LogP contribution is -2.46. The van der Waals surface area contributed by atoms with Crippen LogP contribution in [0.15, 0.2) is 41.6 Å². The first kappa shape index (κ1) is 16.1. The predicted octanol–water partition coefficient (Wildman–Crippen LogP) is 3.00. The average molecular weight is 302 g/mol. The van der Waals surface area contributed by atoms with Crippen LogP contribution in [0.4, 0.5) is 4.79 Å². The van der Waals surface area contributed by atoms with Crippen LogP contribution in [0.1, 0.15) is 39.3 Å². The van der Waals surface area contributed by atoms with Gasteiger partial charge in [0, 0.05) is 12.7 Å². The van der Waals surface area contributed by atoms with Gasteiger partial charge in [-0.15, -0.1) is 0 Å². The Morgan fingerprint density at radius 3 is 2.36 bits per heavy atom. The van der Waals surface area contributed by atoms with Gasteiger partial charge < -0.3 is 15.0 Å². The maximum atomic E-state index is 12.6. The third-order valence-corrected chi connectivity index (χ3v) is 3.51. The minimum absolute atomic E-state index is 0.237. The molecule has 1 aliphatic rings. The van der Waals surface area contributed by atoms with Crippen molar-refractivity contribution in [3.8, 4) is 0 Å². The highest BCUT2D eigenvalue weighted by Crippen LogP contribution is 2.31. The van der Waals surface area contributed by atoms with Gasteiger partial charge in [0.15, 0.2) is 0 Å². The standard InChI is InChI=1S/C17H22N2O3/c1-11-13(15(20)22-17(2,3)4)14(18-16(21)19(11)5)12-9-7-6-8-10-12/h6-10,14H,1-5H3,(H,18,21)/t14-/m1/s1. The lowest BCUT2D eigenvalue weighted by molar-refractivity contribution is -0.150. The second-order valence-corrected chi connectivity index (χ2v) is 6.35. The summed E-state index contributed by atoms with van der Waals surface area (Å²) < 4.78 is 5.51. The van der Waals surface area contributed by atoms with Crippen molar-refractivity contribution < 1.29 is 14.3 Å². The minimum atomic E-state index is -0.592. The Bertz CT molecular complexity index is 615. The number of carbonyl (C=O) groups is 2. The molecule has 1 heterocycles. The van der Waals surface area contributed by atoms with Crippen LogP contribution in [-0.2, 0) is 9.53 Å². The molecule has 118 valence electrons. The van der Waals surface area contributed by atoms with E-state index < -0.39 is 17.6 Å². The largest absolute Gasteiger partial charge is 0.456 e. The van der Waals surface area contributed by atoms with Gasteiger partial charge in [0.25, 0.3) is 0 Å². The highest BCUT2D eigenvalue weighted by atomic mass is 16.6. The van der Waals surface area contributed by atoms with Crippen LogP contribution in [0.3, 0.4) is 0 Å². The van der Waals surface area contributed by atoms with Gasteiger partial charge in [0.05, 0.1) is 11.6 Å². The number of urea groups is 1. The van der Waals surface area contributed by atoms with Crippen LogP contribution in [0, 0.1) is 0 Å². The normalized spacial score (nSPS) is 19.0. The van der Waals surface area contributed by atoms with Crippen molar-refractivity contribution in [2.45, 2.75) is 39.3 Å². The predicted molar refractivity (Wildman–Crippen MR) is 84.0 cm³/mol. The number of nitrogens with zero attached hydrogens (tertiary/aromatic N) is 1. The van der Waals surface area contributed by atoms with Gasteiger partial charge in [-0.2, -0.15) is 0 Å². The molecule has 2 rings (SSSR count). The Kier molecular flexibility index (Phi) is 4.26. The van der Waals surface area contributed by atoms with Crippen LogP contribution in [0.2, 0.25) is 0 Å². The van der Waals surface area contributed by atoms with Gasteiger partial charge in [-0.1, -0.05) is 30.3 Å². The summed E-state index contributed by atoms with van der Waals surface area (Å²) in [6.07, 6.45) is 0. The first-order valence-corrected chi connectivity index (χ1v) is 7.24. The average Bonchev–Trinajstić information content (AvgIpc) is 2.43. The van der Waals surface area contributed by atoms with Gasteiger partial charge in [-0.3, -0.25) is 0 Å². The maximum absolute atomic E-state index is 12.6. The summed E-state index contributed by atoms with van der Waals surface area (Å²) >= 11 is 0. The van der Waals surface area contributed by atoms with Gasteiger partial charge >= 0.3 is 12.0 Å². The second-order valence-electron chi connectivity index (χ2n) is 6.35. The number of hydrogen-bond acceptors (Lipinski definition) is 3. The molecule has 0 radical (unpaired) electrons. The van der Waals surface area contributed by atoms with E-state index in [1.165, 1.54) is 4.90 Å². The number of allylic oxidation sites excluding steroid dienone is 1. The summed E-state index contributed by atoms with van der Waals surface area (Å²) in [6, 6.07) is 8.67. The quantitative estimate of drug-likeness (QED) is 0.854. The third kappa shape index (κ3) is 3.30. The third-order valence-electron chi connectivity index (χ3n) is 3.51. The van der Waals surface area contributed by atoms with Gasteiger partial charge in [-0.05, 0) is 33.3 Å². The minimum Gasteiger partial charge on any atom is -0.456 e. The summed E-state index contributed by atoms with van der Waals surface area (Å²) in [6.45, 7) is 7.23. The topological polar surface area (TPSA) is 58.6 Å². The Balaban J connectivity index is 2.47. The fourth-order valence-electron chi connectivity index (χ4n) is 2.33. The van der Waals surface area contributed by atoms with Crippen molar-refractivity contribution in [3.63, 3.8) is 0 Å². The van der Waals surface area contributed by atoms with Crippen LogP contribution < -0.4 is 5.32 Å². The van der Waals surface area contributed by atoms with Crippen molar-refractivity contribution >= 4 is 12.0 Å². The van der Waals surface area contributed by atoms with Crippen molar-refractivity contribution in [1.82, 2.24) is 10.2 Å². The molecule has 0 bridgehead atoms. The van der Waals surface area contributed by atoms with Gasteiger partial charge in [0.2, 0.25) is 0 Å². The van der Waals surface area contributed by atoms with Crippen LogP contribution in [-0.4, -0.2) is 29.5 Å². The molecule has 1 aromatic carbocycles. The molecule has 1 N–H and O–H groups in total. The van der Waals surface area contributed by atoms with Crippen molar-refractivity contribution in [2.75, 3.05) is 7.05 Å². The van der Waals surface area contributed by atoms with Crippen LogP contribution in [0.5, 0.6) is 0 Å². The van der Waals surface area contributed by atoms with E-state index in [0.29, 0.717) is 11.3 Å². The molecule has 0 saturated carbocycles. The molecule has 0 spiro atoms. The zero-order valence-corrected chi connectivity index (χ0v) is 13.6. The first-order valence-electron chi connectivity index (χ1n) is 7.24. The zero-order chi connectivity index (χ0) is 16.5. The van der Waals surface area contributed by atoms with E-state index in [2.05, 4.69) is 5.32 Å². The molecule has 0 unspecified atom stereocenters. The van der Waals surface area contributed by atoms with Crippen molar-refractivity contribution in [2.24, 2.45) is 0 Å². The van der Waals surface area contributed by atoms with E-state index >= 15 is 0 Å². The van der Waals surface area contributed by atoms with E-state index in [0.717, 1.165) is 5.56 Å². The lowest BCUT2D eigenvalue weighted by atomic mass is 9.95. The molecule has 0 fully saturated rings. The summed E-state index contributed by atoms with van der Waals surface area (Å²) in [5, 5.41) is 2.86. The molecule has 0 aromatic heterocycles. The summed E-state index contributed by atoms with van der Waals surface area (Å²) in [4.78, 5) is 26.1. The SMILES string of the molecule is CC1=C(C(=O)OC(C)(C)C)[C@@H](c2ccccc2)NC(=O)N1C. The Hall–Kier alpha value is -2.30. The Labute approximate surface area is 130 Å². The maximum Gasteiger partial charge on any atom is 0.338 e. The number of rotatable bonds is 2. The lowest BCUT2D eigenvalue weighted by Gasteiger charge is -2.34. The number of amides is 2. The second kappa shape index (κ2) is 5.83. The number of ether oxygens (including phenoxy) is 1. The number of esters is 1. The molecular weight excluding hydrogens is 280 g/mol. The number of benzene rings is 1.